The molecule has 11 heteroatoms. The van der Waals surface area contributed by atoms with Gasteiger partial charge in [0.05, 0.1) is 22.8 Å². The Morgan fingerprint density at radius 3 is 2.69 bits per heavy atom. The van der Waals surface area contributed by atoms with Crippen molar-refractivity contribution in [2.75, 3.05) is 11.9 Å². The molecule has 4 aromatic rings. The smallest absolute Gasteiger partial charge is 0.355 e. The Morgan fingerprint density at radius 2 is 1.94 bits per heavy atom. The average Bonchev–Trinajstić information content (AvgIpc) is 3.11. The van der Waals surface area contributed by atoms with Gasteiger partial charge in [0.25, 0.3) is 17.8 Å². The number of rotatable bonds is 5. The Kier molecular flexibility index (Phi) is 5.33. The number of nitrogens with one attached hydrogen (secondary N) is 2. The molecule has 1 unspecified atom stereocenters. The van der Waals surface area contributed by atoms with E-state index in [4.69, 9.17) is 0 Å². The van der Waals surface area contributed by atoms with Crippen molar-refractivity contribution in [2.45, 2.75) is 12.5 Å². The molecule has 32 heavy (non-hydrogen) atoms. The van der Waals surface area contributed by atoms with Crippen LogP contribution in [0.2, 0.25) is 0 Å². The topological polar surface area (TPSA) is 81.0 Å². The molecular formula is C21H17F4N5O2. The largest absolute Gasteiger partial charge is 0.405 e. The van der Waals surface area contributed by atoms with Crippen LogP contribution in [0.4, 0.5) is 28.9 Å². The second-order valence-electron chi connectivity index (χ2n) is 7.13. The van der Waals surface area contributed by atoms with Gasteiger partial charge in [-0.15, -0.1) is 0 Å². The molecule has 0 aliphatic heterocycles. The monoisotopic (exact) mass is 447 g/mol. The molecule has 0 radical (unpaired) electrons. The van der Waals surface area contributed by atoms with Gasteiger partial charge in [-0.1, -0.05) is 12.1 Å². The average molecular weight is 447 g/mol. The fourth-order valence-electron chi connectivity index (χ4n) is 3.38. The molecule has 0 saturated heterocycles. The van der Waals surface area contributed by atoms with E-state index in [1.54, 1.807) is 42.2 Å². The molecule has 0 aliphatic carbocycles. The molecule has 166 valence electrons. The lowest BCUT2D eigenvalue weighted by atomic mass is 10.1. The molecule has 0 fully saturated rings. The number of hydrogen-bond acceptors (Lipinski definition) is 4. The van der Waals surface area contributed by atoms with Crippen LogP contribution in [0.3, 0.4) is 0 Å². The van der Waals surface area contributed by atoms with Crippen molar-refractivity contribution >= 4 is 39.0 Å². The van der Waals surface area contributed by atoms with Crippen LogP contribution in [0.15, 0.2) is 59.7 Å². The van der Waals surface area contributed by atoms with Crippen molar-refractivity contribution in [1.82, 2.24) is 19.7 Å². The van der Waals surface area contributed by atoms with Crippen LogP contribution in [0.1, 0.15) is 6.30 Å². The number of amides is 1. The first kappa shape index (κ1) is 21.3. The first-order valence-corrected chi connectivity index (χ1v) is 9.45. The van der Waals surface area contributed by atoms with E-state index in [0.29, 0.717) is 21.3 Å². The summed E-state index contributed by atoms with van der Waals surface area (Å²) in [5.41, 5.74) is 1.05. The predicted octanol–water partition coefficient (Wildman–Crippen LogP) is 3.78. The van der Waals surface area contributed by atoms with Crippen molar-refractivity contribution in [3.05, 3.63) is 65.2 Å². The molecule has 4 rings (SSSR count). The molecule has 2 heterocycles. The number of hydrogen-bond donors (Lipinski definition) is 2. The van der Waals surface area contributed by atoms with Gasteiger partial charge in [0, 0.05) is 24.3 Å². The third-order valence-electron chi connectivity index (χ3n) is 4.91. The number of carbonyl (C=O) groups is 1. The van der Waals surface area contributed by atoms with Crippen LogP contribution in [0, 0.1) is 0 Å². The number of benzene rings is 2. The number of alkyl halides is 4. The molecule has 1 atom stereocenters. The summed E-state index contributed by atoms with van der Waals surface area (Å²) in [5, 5.41) is 10.2. The number of nitrogens with zero attached hydrogens (tertiary/aromatic N) is 3. The van der Waals surface area contributed by atoms with E-state index in [0.717, 1.165) is 17.1 Å². The number of anilines is 2. The third-order valence-corrected chi connectivity index (χ3v) is 4.91. The number of aromatic nitrogens is 3. The zero-order valence-electron chi connectivity index (χ0n) is 16.7. The summed E-state index contributed by atoms with van der Waals surface area (Å²) in [5.74, 6) is -1.56. The highest BCUT2D eigenvalue weighted by Crippen LogP contribution is 2.27. The van der Waals surface area contributed by atoms with Crippen molar-refractivity contribution in [1.29, 1.82) is 0 Å². The van der Waals surface area contributed by atoms with Crippen LogP contribution >= 0.6 is 0 Å². The van der Waals surface area contributed by atoms with E-state index in [1.165, 1.54) is 11.4 Å². The Bertz CT molecular complexity index is 1380. The quantitative estimate of drug-likeness (QED) is 0.457. The maximum absolute atomic E-state index is 14.6. The van der Waals surface area contributed by atoms with Crippen molar-refractivity contribution in [3.8, 4) is 0 Å². The van der Waals surface area contributed by atoms with E-state index in [2.05, 4.69) is 10.4 Å². The minimum absolute atomic E-state index is 0.0903. The maximum atomic E-state index is 14.6. The molecule has 0 saturated carbocycles. The van der Waals surface area contributed by atoms with E-state index in [9.17, 15) is 27.2 Å². The minimum Gasteiger partial charge on any atom is -0.355 e. The second kappa shape index (κ2) is 7.98. The van der Waals surface area contributed by atoms with Gasteiger partial charge in [-0.05, 0) is 35.7 Å². The summed E-state index contributed by atoms with van der Waals surface area (Å²) in [4.78, 5) is 24.8. The standard InChI is InChI=1S/C21H17F4N5O2/c1-29-16-6-5-14(9-13(16)10-27-29)28-15-4-2-3-12-7-8-30(20(32)17(12)15)18(22)19(31)26-11-21(23,24)25/h2-10,18,28H,11H2,1H3,(H,26,31). The first-order valence-electron chi connectivity index (χ1n) is 9.45. The number of aryl methyl sites for hydroxylation is 1. The van der Waals surface area contributed by atoms with Crippen LogP contribution in [-0.2, 0) is 11.8 Å². The molecule has 1 amide bonds. The number of pyridine rings is 1. The molecule has 7 nitrogen and oxygen atoms in total. The molecule has 0 bridgehead atoms. The van der Waals surface area contributed by atoms with Crippen molar-refractivity contribution in [3.63, 3.8) is 0 Å². The van der Waals surface area contributed by atoms with Gasteiger partial charge in [0.1, 0.15) is 6.54 Å². The van der Waals surface area contributed by atoms with Gasteiger partial charge in [-0.3, -0.25) is 18.8 Å². The lowest BCUT2D eigenvalue weighted by molar-refractivity contribution is -0.143. The van der Waals surface area contributed by atoms with Crippen LogP contribution < -0.4 is 16.2 Å². The number of halogens is 4. The predicted molar refractivity (Wildman–Crippen MR) is 111 cm³/mol. The van der Waals surface area contributed by atoms with Gasteiger partial charge in [-0.2, -0.15) is 18.3 Å². The van der Waals surface area contributed by atoms with Gasteiger partial charge in [-0.25, -0.2) is 4.39 Å². The van der Waals surface area contributed by atoms with Gasteiger partial charge in [0.15, 0.2) is 0 Å². The third kappa shape index (κ3) is 4.13. The summed E-state index contributed by atoms with van der Waals surface area (Å²) < 4.78 is 53.7. The van der Waals surface area contributed by atoms with Crippen LogP contribution in [0.5, 0.6) is 0 Å². The maximum Gasteiger partial charge on any atom is 0.405 e. The number of carbonyl (C=O) groups excluding carboxylic acids is 1. The fourth-order valence-corrected chi connectivity index (χ4v) is 3.38. The zero-order chi connectivity index (χ0) is 23.0. The molecule has 0 aliphatic rings. The molecule has 2 aromatic carbocycles. The lowest BCUT2D eigenvalue weighted by Gasteiger charge is -2.15. The zero-order valence-corrected chi connectivity index (χ0v) is 16.7. The van der Waals surface area contributed by atoms with Crippen molar-refractivity contribution < 1.29 is 22.4 Å². The van der Waals surface area contributed by atoms with E-state index in [-0.39, 0.29) is 5.39 Å². The van der Waals surface area contributed by atoms with E-state index in [1.807, 2.05) is 12.1 Å². The second-order valence-corrected chi connectivity index (χ2v) is 7.13. The van der Waals surface area contributed by atoms with Crippen LogP contribution in [-0.4, -0.2) is 33.0 Å². The summed E-state index contributed by atoms with van der Waals surface area (Å²) in [6.45, 7) is -1.70. The molecular weight excluding hydrogens is 430 g/mol. The van der Waals surface area contributed by atoms with E-state index >= 15 is 0 Å². The number of fused-ring (bicyclic) bond motifs is 2. The summed E-state index contributed by atoms with van der Waals surface area (Å²) >= 11 is 0. The highest BCUT2D eigenvalue weighted by Gasteiger charge is 2.30. The van der Waals surface area contributed by atoms with Gasteiger partial charge in [0.2, 0.25) is 0 Å². The van der Waals surface area contributed by atoms with Gasteiger partial charge >= 0.3 is 6.18 Å². The Balaban J connectivity index is 1.69. The Labute approximate surface area is 178 Å². The SMILES string of the molecule is Cn1ncc2cc(Nc3cccc4ccn(C(F)C(=O)NCC(F)(F)F)c(=O)c34)ccc21. The van der Waals surface area contributed by atoms with Gasteiger partial charge < -0.3 is 10.6 Å². The normalized spacial score (nSPS) is 12.8. The Morgan fingerprint density at radius 1 is 1.16 bits per heavy atom. The van der Waals surface area contributed by atoms with Crippen molar-refractivity contribution in [2.24, 2.45) is 7.05 Å². The summed E-state index contributed by atoms with van der Waals surface area (Å²) in [6, 6.07) is 11.8. The first-order chi connectivity index (χ1) is 15.1. The summed E-state index contributed by atoms with van der Waals surface area (Å²) in [7, 11) is 1.81. The highest BCUT2D eigenvalue weighted by atomic mass is 19.4. The molecule has 0 spiro atoms. The Hall–Kier alpha value is -3.89. The van der Waals surface area contributed by atoms with E-state index < -0.39 is 30.5 Å². The minimum atomic E-state index is -4.70. The van der Waals surface area contributed by atoms with Crippen LogP contribution in [0.25, 0.3) is 21.7 Å². The highest BCUT2D eigenvalue weighted by molar-refractivity contribution is 5.95. The summed E-state index contributed by atoms with van der Waals surface area (Å²) in [6.07, 6.45) is -4.59. The molecule has 2 N–H and O–H groups in total. The lowest BCUT2D eigenvalue weighted by Crippen LogP contribution is -2.39. The fraction of sp³-hybridized carbons (Fsp3) is 0.190. The molecule has 2 aromatic heterocycles.